The summed E-state index contributed by atoms with van der Waals surface area (Å²) in [5.74, 6) is 0.911. The van der Waals surface area contributed by atoms with Gasteiger partial charge in [0.1, 0.15) is 0 Å². The van der Waals surface area contributed by atoms with Crippen LogP contribution in [0.15, 0.2) is 16.8 Å². The molecule has 1 aliphatic rings. The summed E-state index contributed by atoms with van der Waals surface area (Å²) in [6.07, 6.45) is 8.18. The Morgan fingerprint density at radius 1 is 1.41 bits per heavy atom. The molecule has 0 radical (unpaired) electrons. The van der Waals surface area contributed by atoms with E-state index in [1.807, 2.05) is 0 Å². The Hall–Kier alpha value is -0.340. The Bertz CT molecular complexity index is 307. The van der Waals surface area contributed by atoms with Crippen molar-refractivity contribution in [3.8, 4) is 0 Å². The molecule has 17 heavy (non-hydrogen) atoms. The van der Waals surface area contributed by atoms with Gasteiger partial charge in [0.2, 0.25) is 0 Å². The molecule has 96 valence electrons. The summed E-state index contributed by atoms with van der Waals surface area (Å²) in [4.78, 5) is 0. The normalized spacial score (nSPS) is 26.9. The summed E-state index contributed by atoms with van der Waals surface area (Å²) in [5, 5.41) is 8.31. The number of thiophene rings is 1. The molecule has 0 spiro atoms. The molecule has 1 aromatic rings. The summed E-state index contributed by atoms with van der Waals surface area (Å²) in [6, 6.07) is 3.63. The lowest BCUT2D eigenvalue weighted by Crippen LogP contribution is -2.43. The number of hydrogen-bond donors (Lipinski definition) is 1. The third kappa shape index (κ3) is 3.82. The zero-order chi connectivity index (χ0) is 12.1. The second-order valence-electron chi connectivity index (χ2n) is 5.46. The van der Waals surface area contributed by atoms with E-state index in [-0.39, 0.29) is 0 Å². The molecular weight excluding hydrogens is 226 g/mol. The summed E-state index contributed by atoms with van der Waals surface area (Å²) in [6.45, 7) is 4.67. The molecule has 1 saturated carbocycles. The third-order valence-corrected chi connectivity index (χ3v) is 4.79. The Morgan fingerprint density at radius 2 is 2.24 bits per heavy atom. The van der Waals surface area contributed by atoms with Gasteiger partial charge in [-0.1, -0.05) is 26.2 Å². The van der Waals surface area contributed by atoms with Crippen molar-refractivity contribution in [1.82, 2.24) is 5.32 Å². The van der Waals surface area contributed by atoms with E-state index in [1.165, 1.54) is 44.1 Å². The number of rotatable bonds is 5. The molecule has 0 amide bonds. The molecule has 3 unspecified atom stereocenters. The second kappa shape index (κ2) is 6.55. The molecule has 1 aromatic heterocycles. The largest absolute Gasteiger partial charge is 0.311 e. The average Bonchev–Trinajstić information content (AvgIpc) is 2.82. The molecule has 0 aromatic carbocycles. The predicted octanol–water partition coefficient (Wildman–Crippen LogP) is 4.24. The van der Waals surface area contributed by atoms with Gasteiger partial charge < -0.3 is 5.32 Å². The lowest BCUT2D eigenvalue weighted by atomic mass is 9.82. The van der Waals surface area contributed by atoms with E-state index in [1.54, 1.807) is 11.3 Å². The minimum Gasteiger partial charge on any atom is -0.311 e. The highest BCUT2D eigenvalue weighted by molar-refractivity contribution is 7.07. The molecule has 1 fully saturated rings. The van der Waals surface area contributed by atoms with Gasteiger partial charge in [0.05, 0.1) is 0 Å². The van der Waals surface area contributed by atoms with Gasteiger partial charge in [-0.15, -0.1) is 0 Å². The van der Waals surface area contributed by atoms with Crippen molar-refractivity contribution in [2.45, 2.75) is 64.5 Å². The van der Waals surface area contributed by atoms with Crippen LogP contribution in [0.25, 0.3) is 0 Å². The minimum atomic E-state index is 0.613. The number of nitrogens with one attached hydrogen (secondary N) is 1. The first kappa shape index (κ1) is 13.1. The zero-order valence-electron chi connectivity index (χ0n) is 11.1. The fourth-order valence-corrected chi connectivity index (χ4v) is 3.78. The molecule has 0 saturated heterocycles. The Labute approximate surface area is 110 Å². The van der Waals surface area contributed by atoms with Gasteiger partial charge in [-0.2, -0.15) is 11.3 Å². The maximum absolute atomic E-state index is 3.86. The van der Waals surface area contributed by atoms with Crippen molar-refractivity contribution in [2.75, 3.05) is 0 Å². The first-order valence-electron chi connectivity index (χ1n) is 7.06. The summed E-state index contributed by atoms with van der Waals surface area (Å²) < 4.78 is 0. The molecule has 1 nitrogen and oxygen atoms in total. The predicted molar refractivity (Wildman–Crippen MR) is 76.7 cm³/mol. The lowest BCUT2D eigenvalue weighted by Gasteiger charge is -2.34. The van der Waals surface area contributed by atoms with Gasteiger partial charge >= 0.3 is 0 Å². The maximum atomic E-state index is 3.86. The fourth-order valence-electron chi connectivity index (χ4n) is 3.10. The molecule has 2 rings (SSSR count). The quantitative estimate of drug-likeness (QED) is 0.825. The summed E-state index contributed by atoms with van der Waals surface area (Å²) >= 11 is 1.80. The van der Waals surface area contributed by atoms with Gasteiger partial charge in [-0.25, -0.2) is 0 Å². The van der Waals surface area contributed by atoms with Crippen LogP contribution in [-0.4, -0.2) is 12.1 Å². The standard InChI is InChI=1S/C15H25NS/c1-3-14-6-4-5-7-15(14)16-12(2)10-13-8-9-17-11-13/h8-9,11-12,14-16H,3-7,10H2,1-2H3. The Kier molecular flexibility index (Phi) is 5.05. The van der Waals surface area contributed by atoms with Crippen LogP contribution in [0.3, 0.4) is 0 Å². The highest BCUT2D eigenvalue weighted by Crippen LogP contribution is 2.27. The first-order chi connectivity index (χ1) is 8.29. The summed E-state index contributed by atoms with van der Waals surface area (Å²) in [5.41, 5.74) is 1.49. The SMILES string of the molecule is CCC1CCCCC1NC(C)Cc1ccsc1. The van der Waals surface area contributed by atoms with E-state index >= 15 is 0 Å². The molecular formula is C15H25NS. The van der Waals surface area contributed by atoms with E-state index in [4.69, 9.17) is 0 Å². The Balaban J connectivity index is 1.82. The van der Waals surface area contributed by atoms with E-state index in [0.29, 0.717) is 6.04 Å². The van der Waals surface area contributed by atoms with Crippen molar-refractivity contribution in [2.24, 2.45) is 5.92 Å². The van der Waals surface area contributed by atoms with Gasteiger partial charge in [-0.3, -0.25) is 0 Å². The molecule has 0 aliphatic heterocycles. The van der Waals surface area contributed by atoms with Crippen LogP contribution in [0.1, 0.15) is 51.5 Å². The highest BCUT2D eigenvalue weighted by atomic mass is 32.1. The van der Waals surface area contributed by atoms with Gasteiger partial charge in [0.15, 0.2) is 0 Å². The number of hydrogen-bond acceptors (Lipinski definition) is 2. The Morgan fingerprint density at radius 3 is 2.94 bits per heavy atom. The van der Waals surface area contributed by atoms with Crippen molar-refractivity contribution in [3.05, 3.63) is 22.4 Å². The van der Waals surface area contributed by atoms with Gasteiger partial charge in [-0.05, 0) is 54.5 Å². The zero-order valence-corrected chi connectivity index (χ0v) is 11.9. The van der Waals surface area contributed by atoms with Crippen molar-refractivity contribution in [3.63, 3.8) is 0 Å². The average molecular weight is 251 g/mol. The van der Waals surface area contributed by atoms with Crippen molar-refractivity contribution < 1.29 is 0 Å². The van der Waals surface area contributed by atoms with Crippen LogP contribution in [0.2, 0.25) is 0 Å². The first-order valence-corrected chi connectivity index (χ1v) is 8.01. The van der Waals surface area contributed by atoms with Gasteiger partial charge in [0, 0.05) is 12.1 Å². The smallest absolute Gasteiger partial charge is 0.00978 e. The van der Waals surface area contributed by atoms with Crippen LogP contribution >= 0.6 is 11.3 Å². The van der Waals surface area contributed by atoms with Crippen molar-refractivity contribution in [1.29, 1.82) is 0 Å². The fraction of sp³-hybridized carbons (Fsp3) is 0.733. The molecule has 1 aliphatic carbocycles. The molecule has 0 bridgehead atoms. The highest BCUT2D eigenvalue weighted by Gasteiger charge is 2.24. The molecule has 1 heterocycles. The van der Waals surface area contributed by atoms with Crippen LogP contribution in [0, 0.1) is 5.92 Å². The molecule has 2 heteroatoms. The van der Waals surface area contributed by atoms with Crippen LogP contribution in [0.4, 0.5) is 0 Å². The van der Waals surface area contributed by atoms with Crippen LogP contribution < -0.4 is 5.32 Å². The monoisotopic (exact) mass is 251 g/mol. The van der Waals surface area contributed by atoms with Crippen molar-refractivity contribution >= 4 is 11.3 Å². The summed E-state index contributed by atoms with van der Waals surface area (Å²) in [7, 11) is 0. The second-order valence-corrected chi connectivity index (χ2v) is 6.24. The van der Waals surface area contributed by atoms with Crippen LogP contribution in [-0.2, 0) is 6.42 Å². The third-order valence-electron chi connectivity index (χ3n) is 4.05. The van der Waals surface area contributed by atoms with Crippen LogP contribution in [0.5, 0.6) is 0 Å². The lowest BCUT2D eigenvalue weighted by molar-refractivity contribution is 0.239. The maximum Gasteiger partial charge on any atom is 0.00978 e. The van der Waals surface area contributed by atoms with Gasteiger partial charge in [0.25, 0.3) is 0 Å². The molecule has 1 N–H and O–H groups in total. The van der Waals surface area contributed by atoms with E-state index < -0.39 is 0 Å². The molecule has 3 atom stereocenters. The minimum absolute atomic E-state index is 0.613. The van der Waals surface area contributed by atoms with E-state index in [2.05, 4.69) is 36.0 Å². The van der Waals surface area contributed by atoms with E-state index in [9.17, 15) is 0 Å². The topological polar surface area (TPSA) is 12.0 Å². The van der Waals surface area contributed by atoms with E-state index in [0.717, 1.165) is 12.0 Å².